The average molecular weight is 284 g/mol. The van der Waals surface area contributed by atoms with Crippen LogP contribution in [0, 0.1) is 6.92 Å². The van der Waals surface area contributed by atoms with E-state index in [4.69, 9.17) is 0 Å². The minimum Gasteiger partial charge on any atom is -0.367 e. The summed E-state index contributed by atoms with van der Waals surface area (Å²) in [6, 6.07) is 10.8. The van der Waals surface area contributed by atoms with Crippen LogP contribution in [0.25, 0.3) is 0 Å². The molecule has 4 heteroatoms. The van der Waals surface area contributed by atoms with Gasteiger partial charge in [0.1, 0.15) is 17.5 Å². The van der Waals surface area contributed by atoms with Crippen molar-refractivity contribution in [1.82, 2.24) is 9.97 Å². The second-order valence-corrected chi connectivity index (χ2v) is 5.31. The number of aryl methyl sites for hydroxylation is 2. The normalized spacial score (nSPS) is 12.0. The lowest BCUT2D eigenvalue weighted by atomic mass is 10.1. The Morgan fingerprint density at radius 2 is 1.71 bits per heavy atom. The molecule has 2 aromatic rings. The molecule has 0 aliphatic rings. The molecule has 2 rings (SSSR count). The summed E-state index contributed by atoms with van der Waals surface area (Å²) in [4.78, 5) is 8.87. The van der Waals surface area contributed by atoms with Crippen LogP contribution < -0.4 is 10.6 Å². The first kappa shape index (κ1) is 15.3. The number of rotatable bonds is 6. The van der Waals surface area contributed by atoms with Gasteiger partial charge in [-0.1, -0.05) is 26.0 Å². The minimum atomic E-state index is 0.399. The molecule has 4 nitrogen and oxygen atoms in total. The van der Waals surface area contributed by atoms with E-state index in [1.807, 2.05) is 13.0 Å². The monoisotopic (exact) mass is 284 g/mol. The van der Waals surface area contributed by atoms with Crippen molar-refractivity contribution in [2.24, 2.45) is 0 Å². The van der Waals surface area contributed by atoms with E-state index in [1.54, 1.807) is 0 Å². The van der Waals surface area contributed by atoms with E-state index in [1.165, 1.54) is 5.56 Å². The predicted molar refractivity (Wildman–Crippen MR) is 89.2 cm³/mol. The van der Waals surface area contributed by atoms with Gasteiger partial charge in [0.2, 0.25) is 0 Å². The molecule has 0 radical (unpaired) electrons. The minimum absolute atomic E-state index is 0.399. The second kappa shape index (κ2) is 7.07. The molecule has 0 aliphatic carbocycles. The van der Waals surface area contributed by atoms with Crippen LogP contribution in [0.5, 0.6) is 0 Å². The molecule has 0 saturated carbocycles. The fourth-order valence-corrected chi connectivity index (χ4v) is 2.03. The molecular formula is C17H24N4. The summed E-state index contributed by atoms with van der Waals surface area (Å²) < 4.78 is 0. The summed E-state index contributed by atoms with van der Waals surface area (Å²) in [6.07, 6.45) is 2.11. The summed E-state index contributed by atoms with van der Waals surface area (Å²) >= 11 is 0. The van der Waals surface area contributed by atoms with Gasteiger partial charge in [0, 0.05) is 17.8 Å². The van der Waals surface area contributed by atoms with Gasteiger partial charge in [0.25, 0.3) is 0 Å². The highest BCUT2D eigenvalue weighted by Gasteiger charge is 2.05. The maximum Gasteiger partial charge on any atom is 0.136 e. The van der Waals surface area contributed by atoms with Gasteiger partial charge < -0.3 is 10.6 Å². The molecule has 1 aromatic heterocycles. The van der Waals surface area contributed by atoms with E-state index in [0.717, 1.165) is 36.0 Å². The maximum absolute atomic E-state index is 4.44. The number of benzene rings is 1. The fraction of sp³-hybridized carbons (Fsp3) is 0.412. The zero-order valence-electron chi connectivity index (χ0n) is 13.3. The number of nitrogens with one attached hydrogen (secondary N) is 2. The summed E-state index contributed by atoms with van der Waals surface area (Å²) in [5.74, 6) is 2.44. The SMILES string of the molecule is CCc1ccc(Nc2cc(NC(C)CC)nc(C)n2)cc1. The van der Waals surface area contributed by atoms with Gasteiger partial charge in [0.15, 0.2) is 0 Å². The topological polar surface area (TPSA) is 49.8 Å². The highest BCUT2D eigenvalue weighted by Crippen LogP contribution is 2.18. The van der Waals surface area contributed by atoms with E-state index in [0.29, 0.717) is 6.04 Å². The summed E-state index contributed by atoms with van der Waals surface area (Å²) in [7, 11) is 0. The molecule has 1 unspecified atom stereocenters. The van der Waals surface area contributed by atoms with Gasteiger partial charge in [-0.2, -0.15) is 0 Å². The van der Waals surface area contributed by atoms with Crippen LogP contribution in [0.3, 0.4) is 0 Å². The molecule has 1 heterocycles. The van der Waals surface area contributed by atoms with Crippen molar-refractivity contribution in [1.29, 1.82) is 0 Å². The molecule has 0 bridgehead atoms. The number of hydrogen-bond donors (Lipinski definition) is 2. The summed E-state index contributed by atoms with van der Waals surface area (Å²) in [5.41, 5.74) is 2.37. The molecule has 1 aromatic carbocycles. The Labute approximate surface area is 127 Å². The third kappa shape index (κ3) is 4.45. The van der Waals surface area contributed by atoms with Crippen LogP contribution in [0.1, 0.15) is 38.6 Å². The fourth-order valence-electron chi connectivity index (χ4n) is 2.03. The van der Waals surface area contributed by atoms with Gasteiger partial charge in [-0.3, -0.25) is 0 Å². The van der Waals surface area contributed by atoms with E-state index in [2.05, 4.69) is 65.6 Å². The van der Waals surface area contributed by atoms with Crippen molar-refractivity contribution in [2.75, 3.05) is 10.6 Å². The third-order valence-corrected chi connectivity index (χ3v) is 3.48. The molecule has 2 N–H and O–H groups in total. The molecule has 1 atom stereocenters. The number of aromatic nitrogens is 2. The molecule has 0 saturated heterocycles. The van der Waals surface area contributed by atoms with Gasteiger partial charge in [-0.25, -0.2) is 9.97 Å². The zero-order valence-corrected chi connectivity index (χ0v) is 13.3. The van der Waals surface area contributed by atoms with Crippen molar-refractivity contribution < 1.29 is 0 Å². The molecule has 0 aliphatic heterocycles. The van der Waals surface area contributed by atoms with Crippen molar-refractivity contribution in [3.8, 4) is 0 Å². The molecular weight excluding hydrogens is 260 g/mol. The van der Waals surface area contributed by atoms with Crippen LogP contribution >= 0.6 is 0 Å². The van der Waals surface area contributed by atoms with Crippen LogP contribution in [-0.4, -0.2) is 16.0 Å². The van der Waals surface area contributed by atoms with Crippen molar-refractivity contribution in [3.05, 3.63) is 41.7 Å². The van der Waals surface area contributed by atoms with Crippen molar-refractivity contribution in [2.45, 2.75) is 46.6 Å². The molecule has 112 valence electrons. The number of hydrogen-bond acceptors (Lipinski definition) is 4. The highest BCUT2D eigenvalue weighted by atomic mass is 15.1. The largest absolute Gasteiger partial charge is 0.367 e. The smallest absolute Gasteiger partial charge is 0.136 e. The Balaban J connectivity index is 2.14. The molecule has 0 fully saturated rings. The van der Waals surface area contributed by atoms with Crippen molar-refractivity contribution >= 4 is 17.3 Å². The Kier molecular flexibility index (Phi) is 5.14. The lowest BCUT2D eigenvalue weighted by Crippen LogP contribution is -2.15. The summed E-state index contributed by atoms with van der Waals surface area (Å²) in [5, 5.41) is 6.72. The summed E-state index contributed by atoms with van der Waals surface area (Å²) in [6.45, 7) is 8.37. The molecule has 0 spiro atoms. The molecule has 21 heavy (non-hydrogen) atoms. The average Bonchev–Trinajstić information content (AvgIpc) is 2.47. The Hall–Kier alpha value is -2.10. The van der Waals surface area contributed by atoms with Crippen LogP contribution in [-0.2, 0) is 6.42 Å². The van der Waals surface area contributed by atoms with Crippen LogP contribution in [0.15, 0.2) is 30.3 Å². The number of nitrogens with zero attached hydrogens (tertiary/aromatic N) is 2. The van der Waals surface area contributed by atoms with E-state index in [-0.39, 0.29) is 0 Å². The van der Waals surface area contributed by atoms with Crippen LogP contribution in [0.4, 0.5) is 17.3 Å². The van der Waals surface area contributed by atoms with Gasteiger partial charge >= 0.3 is 0 Å². The first-order valence-corrected chi connectivity index (χ1v) is 7.59. The standard InChI is InChI=1S/C17H24N4/c1-5-12(3)18-16-11-17(20-13(4)19-16)21-15-9-7-14(6-2)8-10-15/h7-12H,5-6H2,1-4H3,(H2,18,19,20,21). The highest BCUT2D eigenvalue weighted by molar-refractivity contribution is 5.59. The zero-order chi connectivity index (χ0) is 15.2. The maximum atomic E-state index is 4.44. The Morgan fingerprint density at radius 3 is 2.33 bits per heavy atom. The molecule has 0 amide bonds. The first-order chi connectivity index (χ1) is 10.1. The second-order valence-electron chi connectivity index (χ2n) is 5.31. The lowest BCUT2D eigenvalue weighted by Gasteiger charge is -2.14. The van der Waals surface area contributed by atoms with E-state index >= 15 is 0 Å². The quantitative estimate of drug-likeness (QED) is 0.830. The van der Waals surface area contributed by atoms with E-state index in [9.17, 15) is 0 Å². The third-order valence-electron chi connectivity index (χ3n) is 3.48. The van der Waals surface area contributed by atoms with Crippen molar-refractivity contribution in [3.63, 3.8) is 0 Å². The lowest BCUT2D eigenvalue weighted by molar-refractivity contribution is 0.757. The number of anilines is 3. The van der Waals surface area contributed by atoms with Gasteiger partial charge in [-0.05, 0) is 44.4 Å². The van der Waals surface area contributed by atoms with Gasteiger partial charge in [-0.15, -0.1) is 0 Å². The Bertz CT molecular complexity index is 578. The van der Waals surface area contributed by atoms with Crippen LogP contribution in [0.2, 0.25) is 0 Å². The van der Waals surface area contributed by atoms with Gasteiger partial charge in [0.05, 0.1) is 0 Å². The Morgan fingerprint density at radius 1 is 1.05 bits per heavy atom. The predicted octanol–water partition coefficient (Wildman–Crippen LogP) is 4.30. The first-order valence-electron chi connectivity index (χ1n) is 7.59. The van der Waals surface area contributed by atoms with E-state index < -0.39 is 0 Å².